The van der Waals surface area contributed by atoms with Gasteiger partial charge in [0.05, 0.1) is 22.9 Å². The molecule has 0 atom stereocenters. The van der Waals surface area contributed by atoms with E-state index in [9.17, 15) is 14.4 Å². The van der Waals surface area contributed by atoms with Crippen molar-refractivity contribution in [2.45, 2.75) is 6.92 Å². The summed E-state index contributed by atoms with van der Waals surface area (Å²) in [7, 11) is -3.33. The summed E-state index contributed by atoms with van der Waals surface area (Å²) in [5, 5.41) is 0. The lowest BCUT2D eigenvalue weighted by Crippen LogP contribution is -2.26. The summed E-state index contributed by atoms with van der Waals surface area (Å²) >= 11 is 0. The van der Waals surface area contributed by atoms with Gasteiger partial charge in [-0.15, -0.1) is 0 Å². The van der Waals surface area contributed by atoms with Crippen molar-refractivity contribution in [2.24, 2.45) is 0 Å². The molecule has 3 aromatic rings. The lowest BCUT2D eigenvalue weighted by Gasteiger charge is -2.20. The van der Waals surface area contributed by atoms with Crippen LogP contribution in [0.25, 0.3) is 0 Å². The highest BCUT2D eigenvalue weighted by Gasteiger charge is 2.60. The molecule has 0 saturated carbocycles. The number of rotatable bonds is 7. The van der Waals surface area contributed by atoms with E-state index in [1.165, 1.54) is 0 Å². The first-order valence-electron chi connectivity index (χ1n) is 8.79. The molecule has 0 aliphatic heterocycles. The maximum absolute atomic E-state index is 13.5. The predicted octanol–water partition coefficient (Wildman–Crippen LogP) is 5.55. The van der Waals surface area contributed by atoms with Gasteiger partial charge in [-0.3, -0.25) is 0 Å². The monoisotopic (exact) mass is 375 g/mol. The molecule has 0 saturated heterocycles. The van der Waals surface area contributed by atoms with Crippen LogP contribution in [-0.4, -0.2) is 22.7 Å². The lowest BCUT2D eigenvalue weighted by atomic mass is 10.2. The van der Waals surface area contributed by atoms with E-state index in [0.717, 1.165) is 0 Å². The van der Waals surface area contributed by atoms with E-state index in [0.29, 0.717) is 16.7 Å². The summed E-state index contributed by atoms with van der Waals surface area (Å²) in [5.41, 5.74) is 0.152. The third-order valence-electron chi connectivity index (χ3n) is 4.58. The van der Waals surface area contributed by atoms with Crippen LogP contribution in [0.1, 0.15) is 38.0 Å². The van der Waals surface area contributed by atoms with Crippen molar-refractivity contribution in [1.82, 2.24) is 0 Å². The Hall–Kier alpha value is -2.90. The molecule has 3 nitrogen and oxygen atoms in total. The molecule has 0 bridgehead atoms. The summed E-state index contributed by atoms with van der Waals surface area (Å²) in [6.45, 7) is 1.76. The van der Waals surface area contributed by atoms with E-state index >= 15 is 0 Å². The zero-order chi connectivity index (χ0) is 19.3. The summed E-state index contributed by atoms with van der Waals surface area (Å²) in [5.74, 6) is 0. The third kappa shape index (κ3) is 3.51. The van der Waals surface area contributed by atoms with E-state index in [2.05, 4.69) is 0 Å². The number of benzene rings is 3. The van der Waals surface area contributed by atoms with Gasteiger partial charge in [-0.25, -0.2) is 14.4 Å². The average molecular weight is 375 g/mol. The molecule has 0 aromatic heterocycles. The normalized spacial score (nSPS) is 11.0. The number of carbonyl (C=O) groups excluding carboxylic acids is 3. The summed E-state index contributed by atoms with van der Waals surface area (Å²) in [6, 6.07) is 25.9. The van der Waals surface area contributed by atoms with E-state index in [1.54, 1.807) is 97.9 Å². The maximum Gasteiger partial charge on any atom is 0.315 e. The Bertz CT molecular complexity index is 825. The molecule has 3 aromatic carbocycles. The minimum absolute atomic E-state index is 0.197. The van der Waals surface area contributed by atoms with Gasteiger partial charge < -0.3 is 0 Å². The molecule has 0 amide bonds. The second-order valence-electron chi connectivity index (χ2n) is 6.14. The van der Waals surface area contributed by atoms with E-state index in [4.69, 9.17) is 0 Å². The quantitative estimate of drug-likeness (QED) is 0.509. The summed E-state index contributed by atoms with van der Waals surface area (Å²) in [4.78, 5) is 40.6. The SMILES string of the molecule is CC[P+](C(=O)c1ccccc1)(C(=O)c1ccccc1)C(=O)c1ccccc1. The van der Waals surface area contributed by atoms with Crippen LogP contribution in [0.2, 0.25) is 0 Å². The molecular formula is C23H20O3P+. The Kier molecular flexibility index (Phi) is 5.73. The smallest absolute Gasteiger partial charge is 0.246 e. The first-order valence-corrected chi connectivity index (χ1v) is 10.8. The molecule has 0 fully saturated rings. The Labute approximate surface area is 159 Å². The minimum atomic E-state index is -3.33. The van der Waals surface area contributed by atoms with Gasteiger partial charge >= 0.3 is 16.6 Å². The number of hydrogen-bond donors (Lipinski definition) is 0. The van der Waals surface area contributed by atoms with Crippen LogP contribution < -0.4 is 0 Å². The van der Waals surface area contributed by atoms with Crippen molar-refractivity contribution in [2.75, 3.05) is 6.16 Å². The molecule has 0 radical (unpaired) electrons. The molecule has 0 aliphatic carbocycles. The molecular weight excluding hydrogens is 355 g/mol. The highest BCUT2D eigenvalue weighted by atomic mass is 31.2. The van der Waals surface area contributed by atoms with Gasteiger partial charge in [-0.1, -0.05) is 54.6 Å². The van der Waals surface area contributed by atoms with Crippen LogP contribution in [0.15, 0.2) is 91.0 Å². The van der Waals surface area contributed by atoms with E-state index in [1.807, 2.05) is 0 Å². The average Bonchev–Trinajstić information content (AvgIpc) is 2.76. The largest absolute Gasteiger partial charge is 0.315 e. The van der Waals surface area contributed by atoms with Crippen LogP contribution in [0.4, 0.5) is 0 Å². The fourth-order valence-corrected chi connectivity index (χ4v) is 6.30. The van der Waals surface area contributed by atoms with Gasteiger partial charge in [-0.2, -0.15) is 0 Å². The van der Waals surface area contributed by atoms with Crippen LogP contribution in [0.3, 0.4) is 0 Å². The van der Waals surface area contributed by atoms with Crippen LogP contribution in [0, 0.1) is 0 Å². The Morgan fingerprint density at radius 1 is 0.556 bits per heavy atom. The maximum atomic E-state index is 13.5. The fraction of sp³-hybridized carbons (Fsp3) is 0.0870. The summed E-state index contributed by atoms with van der Waals surface area (Å²) < 4.78 is 0. The topological polar surface area (TPSA) is 51.2 Å². The number of hydrogen-bond acceptors (Lipinski definition) is 3. The van der Waals surface area contributed by atoms with Gasteiger partial charge in [0.1, 0.15) is 0 Å². The van der Waals surface area contributed by atoms with Gasteiger partial charge in [0.25, 0.3) is 0 Å². The van der Waals surface area contributed by atoms with E-state index < -0.39 is 7.26 Å². The molecule has 0 spiro atoms. The standard InChI is InChI=1S/C23H20O3P/c1-2-27(21(24)18-12-6-3-7-13-18,22(25)19-14-8-4-9-15-19)23(26)20-16-10-5-11-17-20/h3-17H,2H2,1H3/q+1. The first-order chi connectivity index (χ1) is 13.1. The van der Waals surface area contributed by atoms with Gasteiger partial charge in [-0.05, 0) is 43.3 Å². The molecule has 134 valence electrons. The van der Waals surface area contributed by atoms with Crippen molar-refractivity contribution >= 4 is 23.8 Å². The van der Waals surface area contributed by atoms with Crippen molar-refractivity contribution in [3.63, 3.8) is 0 Å². The van der Waals surface area contributed by atoms with Crippen LogP contribution in [0.5, 0.6) is 0 Å². The third-order valence-corrected chi connectivity index (χ3v) is 8.38. The highest BCUT2D eigenvalue weighted by Crippen LogP contribution is 2.65. The van der Waals surface area contributed by atoms with Crippen LogP contribution in [-0.2, 0) is 0 Å². The molecule has 4 heteroatoms. The van der Waals surface area contributed by atoms with Crippen LogP contribution >= 0.6 is 7.26 Å². The van der Waals surface area contributed by atoms with Crippen molar-refractivity contribution in [3.05, 3.63) is 108 Å². The second-order valence-corrected chi connectivity index (χ2v) is 9.61. The van der Waals surface area contributed by atoms with Crippen molar-refractivity contribution in [3.8, 4) is 0 Å². The van der Waals surface area contributed by atoms with Crippen molar-refractivity contribution in [1.29, 1.82) is 0 Å². The van der Waals surface area contributed by atoms with Gasteiger partial charge in [0.2, 0.25) is 7.26 Å². The zero-order valence-electron chi connectivity index (χ0n) is 15.0. The van der Waals surface area contributed by atoms with Gasteiger partial charge in [0.15, 0.2) is 0 Å². The second kappa shape index (κ2) is 8.20. The predicted molar refractivity (Wildman–Crippen MR) is 110 cm³/mol. The van der Waals surface area contributed by atoms with Gasteiger partial charge in [0, 0.05) is 0 Å². The molecule has 3 rings (SSSR count). The molecule has 0 unspecified atom stereocenters. The summed E-state index contributed by atoms with van der Waals surface area (Å²) in [6.07, 6.45) is 0.197. The minimum Gasteiger partial charge on any atom is -0.246 e. The molecule has 27 heavy (non-hydrogen) atoms. The Morgan fingerprint density at radius 3 is 1.04 bits per heavy atom. The number of carbonyl (C=O) groups is 3. The lowest BCUT2D eigenvalue weighted by molar-refractivity contribution is 0.101. The molecule has 0 N–H and O–H groups in total. The molecule has 0 aliphatic rings. The Balaban J connectivity index is 2.20. The van der Waals surface area contributed by atoms with E-state index in [-0.39, 0.29) is 22.7 Å². The van der Waals surface area contributed by atoms with Crippen molar-refractivity contribution < 1.29 is 14.4 Å². The zero-order valence-corrected chi connectivity index (χ0v) is 15.9. The first kappa shape index (κ1) is 18.9. The highest BCUT2D eigenvalue weighted by molar-refractivity contribution is 8.16. The Morgan fingerprint density at radius 2 is 0.815 bits per heavy atom. The fourth-order valence-electron chi connectivity index (χ4n) is 3.11. The molecule has 0 heterocycles.